The minimum Gasteiger partial charge on any atom is -0.617 e. The van der Waals surface area contributed by atoms with E-state index in [2.05, 4.69) is 15.9 Å². The molecule has 1 rings (SSSR count). The molecule has 0 bridgehead atoms. The highest BCUT2D eigenvalue weighted by Gasteiger charge is 2.23. The summed E-state index contributed by atoms with van der Waals surface area (Å²) in [6.45, 7) is 1.44. The van der Waals surface area contributed by atoms with E-state index in [1.165, 1.54) is 6.92 Å². The second-order valence-electron chi connectivity index (χ2n) is 2.30. The molecular formula is C6H4BrClN2O3. The molecule has 5 nitrogen and oxygen atoms in total. The Hall–Kier alpha value is -0.880. The lowest BCUT2D eigenvalue weighted by Gasteiger charge is -2.03. The lowest BCUT2D eigenvalue weighted by atomic mass is 10.3. The van der Waals surface area contributed by atoms with Crippen LogP contribution in [0.15, 0.2) is 10.5 Å². The molecule has 13 heavy (non-hydrogen) atoms. The molecule has 1 aromatic heterocycles. The lowest BCUT2D eigenvalue weighted by molar-refractivity contribution is -0.611. The van der Waals surface area contributed by atoms with Crippen LogP contribution in [0.5, 0.6) is 0 Å². The van der Waals surface area contributed by atoms with Crippen molar-refractivity contribution in [2.24, 2.45) is 0 Å². The van der Waals surface area contributed by atoms with Crippen LogP contribution in [0.2, 0.25) is 5.15 Å². The van der Waals surface area contributed by atoms with Crippen molar-refractivity contribution >= 4 is 33.2 Å². The zero-order valence-electron chi connectivity index (χ0n) is 6.45. The van der Waals surface area contributed by atoms with Crippen LogP contribution in [0, 0.1) is 22.2 Å². The molecule has 0 N–H and O–H groups in total. The lowest BCUT2D eigenvalue weighted by Crippen LogP contribution is -2.32. The second-order valence-corrected chi connectivity index (χ2v) is 3.48. The number of aromatic nitrogens is 1. The largest absolute Gasteiger partial charge is 0.617 e. The van der Waals surface area contributed by atoms with Crippen molar-refractivity contribution in [2.75, 3.05) is 0 Å². The molecule has 1 aromatic rings. The summed E-state index contributed by atoms with van der Waals surface area (Å²) in [5, 5.41) is 21.3. The van der Waals surface area contributed by atoms with Crippen LogP contribution in [0.25, 0.3) is 0 Å². The van der Waals surface area contributed by atoms with Gasteiger partial charge < -0.3 is 5.21 Å². The van der Waals surface area contributed by atoms with E-state index in [4.69, 9.17) is 11.6 Å². The van der Waals surface area contributed by atoms with E-state index in [0.29, 0.717) is 4.73 Å². The molecule has 70 valence electrons. The predicted molar refractivity (Wildman–Crippen MR) is 49.5 cm³/mol. The van der Waals surface area contributed by atoms with Crippen LogP contribution in [-0.2, 0) is 0 Å². The van der Waals surface area contributed by atoms with Gasteiger partial charge >= 0.3 is 0 Å². The summed E-state index contributed by atoms with van der Waals surface area (Å²) in [6.07, 6.45) is 0. The van der Waals surface area contributed by atoms with Crippen molar-refractivity contribution in [3.63, 3.8) is 0 Å². The fraction of sp³-hybridized carbons (Fsp3) is 0.167. The molecule has 0 atom stereocenters. The third-order valence-electron chi connectivity index (χ3n) is 1.49. The Morgan fingerprint density at radius 1 is 1.69 bits per heavy atom. The molecule has 0 saturated carbocycles. The minimum absolute atomic E-state index is 0.150. The van der Waals surface area contributed by atoms with Gasteiger partial charge in [-0.25, -0.2) is 0 Å². The van der Waals surface area contributed by atoms with Crippen molar-refractivity contribution in [1.29, 1.82) is 0 Å². The average Bonchev–Trinajstić information content (AvgIpc) is 2.07. The molecule has 1 heterocycles. The van der Waals surface area contributed by atoms with Crippen molar-refractivity contribution in [1.82, 2.24) is 0 Å². The summed E-state index contributed by atoms with van der Waals surface area (Å²) in [5.74, 6) is 0. The number of hydrogen-bond donors (Lipinski definition) is 0. The molecule has 0 aliphatic rings. The maximum atomic E-state index is 11.1. The van der Waals surface area contributed by atoms with Gasteiger partial charge in [-0.15, -0.1) is 0 Å². The van der Waals surface area contributed by atoms with E-state index in [1.807, 2.05) is 0 Å². The highest BCUT2D eigenvalue weighted by Crippen LogP contribution is 2.27. The first-order valence-corrected chi connectivity index (χ1v) is 4.34. The Morgan fingerprint density at radius 2 is 2.23 bits per heavy atom. The highest BCUT2D eigenvalue weighted by molar-refractivity contribution is 9.10. The fourth-order valence-corrected chi connectivity index (χ4v) is 1.45. The van der Waals surface area contributed by atoms with Crippen LogP contribution in [0.3, 0.4) is 0 Å². The first kappa shape index (κ1) is 10.2. The van der Waals surface area contributed by atoms with Crippen molar-refractivity contribution < 1.29 is 9.65 Å². The molecule has 0 aromatic carbocycles. The van der Waals surface area contributed by atoms with E-state index in [1.54, 1.807) is 0 Å². The first-order valence-electron chi connectivity index (χ1n) is 3.17. The Balaban J connectivity index is 3.50. The number of rotatable bonds is 1. The molecular weight excluding hydrogens is 263 g/mol. The molecule has 7 heteroatoms. The van der Waals surface area contributed by atoms with Crippen molar-refractivity contribution in [2.45, 2.75) is 6.92 Å². The van der Waals surface area contributed by atoms with Gasteiger partial charge in [-0.3, -0.25) is 10.1 Å². The standard InChI is InChI=1S/C6H4BrClN2O3/c1-3-6(7)4(10(12)13)2-5(8)9(3)11/h2H,1H3. The zero-order chi connectivity index (χ0) is 10.2. The van der Waals surface area contributed by atoms with Crippen molar-refractivity contribution in [3.05, 3.63) is 36.7 Å². The van der Waals surface area contributed by atoms with E-state index in [9.17, 15) is 15.3 Å². The summed E-state index contributed by atoms with van der Waals surface area (Å²) < 4.78 is 0.565. The van der Waals surface area contributed by atoms with Crippen LogP contribution in [0.1, 0.15) is 5.69 Å². The van der Waals surface area contributed by atoms with Gasteiger partial charge in [0.25, 0.3) is 10.8 Å². The molecule has 0 amide bonds. The minimum atomic E-state index is -0.608. The Morgan fingerprint density at radius 3 is 2.69 bits per heavy atom. The summed E-state index contributed by atoms with van der Waals surface area (Å²) in [6, 6.07) is 1.01. The molecule has 0 radical (unpaired) electrons. The third-order valence-corrected chi connectivity index (χ3v) is 2.74. The number of nitrogens with zero attached hydrogens (tertiary/aromatic N) is 2. The topological polar surface area (TPSA) is 70.1 Å². The summed E-state index contributed by atoms with van der Waals surface area (Å²) in [7, 11) is 0. The molecule has 0 saturated heterocycles. The zero-order valence-corrected chi connectivity index (χ0v) is 8.79. The molecule has 0 fully saturated rings. The van der Waals surface area contributed by atoms with E-state index >= 15 is 0 Å². The van der Waals surface area contributed by atoms with Gasteiger partial charge in [0, 0.05) is 6.92 Å². The van der Waals surface area contributed by atoms with E-state index < -0.39 is 4.92 Å². The average molecular weight is 267 g/mol. The smallest absolute Gasteiger partial charge is 0.297 e. The normalized spacial score (nSPS) is 10.1. The summed E-state index contributed by atoms with van der Waals surface area (Å²) in [4.78, 5) is 9.83. The number of pyridine rings is 1. The van der Waals surface area contributed by atoms with Crippen LogP contribution in [-0.4, -0.2) is 4.92 Å². The van der Waals surface area contributed by atoms with Gasteiger partial charge in [0.2, 0.25) is 5.69 Å². The molecule has 0 aliphatic heterocycles. The van der Waals surface area contributed by atoms with E-state index in [-0.39, 0.29) is 21.0 Å². The van der Waals surface area contributed by atoms with Gasteiger partial charge in [-0.2, -0.15) is 4.73 Å². The van der Waals surface area contributed by atoms with Crippen LogP contribution in [0.4, 0.5) is 5.69 Å². The first-order chi connectivity index (χ1) is 5.95. The Bertz CT molecular complexity index is 383. The third kappa shape index (κ3) is 1.73. The number of hydrogen-bond acceptors (Lipinski definition) is 3. The molecule has 0 aliphatic carbocycles. The van der Waals surface area contributed by atoms with Gasteiger partial charge in [0.1, 0.15) is 6.07 Å². The predicted octanol–water partition coefficient (Wildman–Crippen LogP) is 1.95. The van der Waals surface area contributed by atoms with Crippen LogP contribution < -0.4 is 4.73 Å². The van der Waals surface area contributed by atoms with Gasteiger partial charge in [-0.1, -0.05) is 0 Å². The quantitative estimate of drug-likeness (QED) is 0.257. The summed E-state index contributed by atoms with van der Waals surface area (Å²) in [5.41, 5.74) is -0.0474. The van der Waals surface area contributed by atoms with Gasteiger partial charge in [0.15, 0.2) is 4.47 Å². The van der Waals surface area contributed by atoms with Gasteiger partial charge in [-0.05, 0) is 27.5 Å². The maximum absolute atomic E-state index is 11.1. The fourth-order valence-electron chi connectivity index (χ4n) is 0.802. The monoisotopic (exact) mass is 266 g/mol. The SMILES string of the molecule is Cc1c(Br)c([N+](=O)[O-])cc(Cl)[n+]1[O-]. The molecule has 0 unspecified atom stereocenters. The number of nitro groups is 1. The maximum Gasteiger partial charge on any atom is 0.297 e. The second kappa shape index (κ2) is 3.47. The molecule has 0 spiro atoms. The Labute approximate surface area is 86.8 Å². The van der Waals surface area contributed by atoms with Crippen molar-refractivity contribution in [3.8, 4) is 0 Å². The van der Waals surface area contributed by atoms with E-state index in [0.717, 1.165) is 6.07 Å². The highest BCUT2D eigenvalue weighted by atomic mass is 79.9. The number of halogens is 2. The Kier molecular flexibility index (Phi) is 2.72. The summed E-state index contributed by atoms with van der Waals surface area (Å²) >= 11 is 8.40. The van der Waals surface area contributed by atoms with Gasteiger partial charge in [0.05, 0.1) is 4.92 Å². The van der Waals surface area contributed by atoms with Crippen LogP contribution >= 0.6 is 27.5 Å².